The maximum atomic E-state index is 11.9. The van der Waals surface area contributed by atoms with Crippen LogP contribution in [0, 0.1) is 40.4 Å². The molecule has 164 valence electrons. The molecule has 4 rings (SSSR count). The van der Waals surface area contributed by atoms with Gasteiger partial charge in [0.05, 0.1) is 0 Å². The molecule has 4 aliphatic carbocycles. The molecule has 3 fully saturated rings. The van der Waals surface area contributed by atoms with E-state index in [1.54, 1.807) is 6.08 Å². The van der Waals surface area contributed by atoms with Gasteiger partial charge in [-0.3, -0.25) is 9.68 Å². The Morgan fingerprint density at radius 1 is 1.23 bits per heavy atom. The first-order valence-corrected chi connectivity index (χ1v) is 11.5. The van der Waals surface area contributed by atoms with E-state index in [9.17, 15) is 9.59 Å². The van der Waals surface area contributed by atoms with Crippen LogP contribution in [0.1, 0.15) is 52.9 Å². The van der Waals surface area contributed by atoms with Crippen LogP contribution in [0.25, 0.3) is 0 Å². The first kappa shape index (κ1) is 21.7. The molecule has 0 aromatic rings. The SMILES string of the molecule is COCC(=O)OOC(=S)[C@H]1[C@H](C)C[C@H]2[C@@H]3CCC4=CC(=O)C=C[C@]4(C)[C@H]3CC[C@@]21C. The summed E-state index contributed by atoms with van der Waals surface area (Å²) in [4.78, 5) is 33.8. The minimum Gasteiger partial charge on any atom is -0.373 e. The largest absolute Gasteiger partial charge is 0.380 e. The quantitative estimate of drug-likeness (QED) is 0.369. The molecule has 0 amide bonds. The van der Waals surface area contributed by atoms with Gasteiger partial charge in [-0.15, -0.1) is 0 Å². The lowest BCUT2D eigenvalue weighted by Crippen LogP contribution is -2.50. The van der Waals surface area contributed by atoms with Gasteiger partial charge < -0.3 is 4.74 Å². The Kier molecular flexibility index (Phi) is 5.69. The van der Waals surface area contributed by atoms with Crippen LogP contribution in [0.5, 0.6) is 0 Å². The minimum atomic E-state index is -0.575. The number of ether oxygens (including phenoxy) is 1. The van der Waals surface area contributed by atoms with Gasteiger partial charge in [0.25, 0.3) is 0 Å². The second kappa shape index (κ2) is 7.86. The molecule has 0 unspecified atom stereocenters. The molecular weight excluding hydrogens is 400 g/mol. The summed E-state index contributed by atoms with van der Waals surface area (Å²) >= 11 is 5.61. The van der Waals surface area contributed by atoms with E-state index in [1.165, 1.54) is 12.7 Å². The Hall–Kier alpha value is -1.53. The maximum absolute atomic E-state index is 11.9. The van der Waals surface area contributed by atoms with Crippen LogP contribution in [0.3, 0.4) is 0 Å². The maximum Gasteiger partial charge on any atom is 0.380 e. The number of rotatable bonds is 3. The molecule has 0 heterocycles. The summed E-state index contributed by atoms with van der Waals surface area (Å²) in [5, 5.41) is 0.390. The van der Waals surface area contributed by atoms with Crippen molar-refractivity contribution in [3.05, 3.63) is 23.8 Å². The Morgan fingerprint density at radius 3 is 2.73 bits per heavy atom. The molecule has 7 atom stereocenters. The lowest BCUT2D eigenvalue weighted by atomic mass is 9.48. The van der Waals surface area contributed by atoms with Crippen molar-refractivity contribution in [2.24, 2.45) is 40.4 Å². The zero-order chi connectivity index (χ0) is 21.7. The van der Waals surface area contributed by atoms with E-state index in [-0.39, 0.29) is 29.1 Å². The second-order valence-electron chi connectivity index (χ2n) is 10.1. The summed E-state index contributed by atoms with van der Waals surface area (Å²) in [7, 11) is 1.44. The van der Waals surface area contributed by atoms with Gasteiger partial charge in [-0.2, -0.15) is 0 Å². The molecule has 0 aliphatic heterocycles. The molecule has 0 saturated heterocycles. The fourth-order valence-corrected chi connectivity index (χ4v) is 7.88. The third kappa shape index (κ3) is 3.36. The van der Waals surface area contributed by atoms with Crippen molar-refractivity contribution >= 4 is 29.0 Å². The van der Waals surface area contributed by atoms with Gasteiger partial charge in [0.15, 0.2) is 5.78 Å². The Balaban J connectivity index is 1.54. The smallest absolute Gasteiger partial charge is 0.373 e. The molecule has 0 N–H and O–H groups in total. The van der Waals surface area contributed by atoms with Gasteiger partial charge in [-0.25, -0.2) is 9.68 Å². The number of carbonyl (C=O) groups excluding carboxylic acids is 2. The third-order valence-corrected chi connectivity index (χ3v) is 8.95. The van der Waals surface area contributed by atoms with Crippen molar-refractivity contribution in [2.45, 2.75) is 52.9 Å². The molecule has 0 aromatic heterocycles. The van der Waals surface area contributed by atoms with Crippen molar-refractivity contribution in [3.8, 4) is 0 Å². The summed E-state index contributed by atoms with van der Waals surface area (Å²) in [6, 6.07) is 0. The lowest BCUT2D eigenvalue weighted by Gasteiger charge is -2.56. The van der Waals surface area contributed by atoms with Crippen LogP contribution in [0.2, 0.25) is 0 Å². The lowest BCUT2D eigenvalue weighted by molar-refractivity contribution is -0.227. The number of carbonyl (C=O) groups is 2. The summed E-state index contributed by atoms with van der Waals surface area (Å²) in [6.07, 6.45) is 11.2. The number of hydrogen-bond acceptors (Lipinski definition) is 6. The first-order chi connectivity index (χ1) is 14.2. The fraction of sp³-hybridized carbons (Fsp3) is 0.708. The summed E-state index contributed by atoms with van der Waals surface area (Å²) < 4.78 is 4.78. The number of thiocarbonyl (C=S) groups is 1. The van der Waals surface area contributed by atoms with E-state index in [2.05, 4.69) is 26.8 Å². The van der Waals surface area contributed by atoms with Gasteiger partial charge in [0.1, 0.15) is 6.61 Å². The fourth-order valence-electron chi connectivity index (χ4n) is 7.34. The van der Waals surface area contributed by atoms with Gasteiger partial charge in [0, 0.05) is 18.4 Å². The predicted octanol–water partition coefficient (Wildman–Crippen LogP) is 4.61. The van der Waals surface area contributed by atoms with Crippen LogP contribution in [0.15, 0.2) is 23.8 Å². The van der Waals surface area contributed by atoms with Gasteiger partial charge in [0.2, 0.25) is 5.05 Å². The van der Waals surface area contributed by atoms with Crippen molar-refractivity contribution in [1.29, 1.82) is 0 Å². The molecule has 0 bridgehead atoms. The zero-order valence-corrected chi connectivity index (χ0v) is 19.1. The molecular formula is C24H32O5S. The average Bonchev–Trinajstić information content (AvgIpc) is 2.97. The average molecular weight is 433 g/mol. The van der Waals surface area contributed by atoms with Crippen molar-refractivity contribution in [3.63, 3.8) is 0 Å². The van der Waals surface area contributed by atoms with E-state index >= 15 is 0 Å². The summed E-state index contributed by atoms with van der Waals surface area (Å²) in [5.41, 5.74) is 1.34. The van der Waals surface area contributed by atoms with Crippen LogP contribution in [-0.4, -0.2) is 30.5 Å². The molecule has 4 aliphatic rings. The number of methoxy groups -OCH3 is 1. The van der Waals surface area contributed by atoms with Crippen molar-refractivity contribution in [2.75, 3.05) is 13.7 Å². The van der Waals surface area contributed by atoms with E-state index in [0.29, 0.717) is 28.7 Å². The highest BCUT2D eigenvalue weighted by molar-refractivity contribution is 7.80. The molecule has 6 heteroatoms. The molecule has 3 saturated carbocycles. The molecule has 30 heavy (non-hydrogen) atoms. The van der Waals surface area contributed by atoms with Crippen LogP contribution in [0.4, 0.5) is 0 Å². The molecule has 5 nitrogen and oxygen atoms in total. The third-order valence-electron chi connectivity index (χ3n) is 8.63. The number of allylic oxidation sites excluding steroid dienone is 4. The second-order valence-corrected chi connectivity index (χ2v) is 10.5. The van der Waals surface area contributed by atoms with E-state index in [1.807, 2.05) is 6.08 Å². The van der Waals surface area contributed by atoms with Gasteiger partial charge in [-0.05, 0) is 85.6 Å². The topological polar surface area (TPSA) is 61.8 Å². The van der Waals surface area contributed by atoms with E-state index in [0.717, 1.165) is 32.1 Å². The van der Waals surface area contributed by atoms with Gasteiger partial charge in [-0.1, -0.05) is 32.4 Å². The van der Waals surface area contributed by atoms with Gasteiger partial charge >= 0.3 is 5.97 Å². The van der Waals surface area contributed by atoms with Crippen LogP contribution in [-0.2, 0) is 24.1 Å². The summed E-state index contributed by atoms with van der Waals surface area (Å²) in [5.74, 6) is 1.73. The Bertz CT molecular complexity index is 816. The van der Waals surface area contributed by atoms with Crippen LogP contribution >= 0.6 is 12.2 Å². The highest BCUT2D eigenvalue weighted by atomic mass is 32.1. The molecule has 0 spiro atoms. The predicted molar refractivity (Wildman–Crippen MR) is 116 cm³/mol. The zero-order valence-electron chi connectivity index (χ0n) is 18.3. The van der Waals surface area contributed by atoms with Crippen LogP contribution < -0.4 is 0 Å². The Labute approximate surface area is 184 Å². The highest BCUT2D eigenvalue weighted by Gasteiger charge is 2.61. The summed E-state index contributed by atoms with van der Waals surface area (Å²) in [6.45, 7) is 6.75. The first-order valence-electron chi connectivity index (χ1n) is 11.0. The standard InChI is InChI=1S/C24H32O5S/c1-14-11-19-17-6-5-15-12-16(25)7-9-23(15,2)18(17)8-10-24(19,3)21(14)22(30)29-28-20(26)13-27-4/h7,9,12,14,17-19,21H,5-6,8,10-11,13H2,1-4H3/t14-,17-,18+,19+,21-,23+,24+/m1/s1. The monoisotopic (exact) mass is 432 g/mol. The molecule has 0 aromatic carbocycles. The highest BCUT2D eigenvalue weighted by Crippen LogP contribution is 2.67. The molecule has 0 radical (unpaired) electrons. The van der Waals surface area contributed by atoms with Crippen molar-refractivity contribution in [1.82, 2.24) is 0 Å². The number of fused-ring (bicyclic) bond motifs is 5. The Morgan fingerprint density at radius 2 is 2.00 bits per heavy atom. The normalized spacial score (nSPS) is 41.9. The minimum absolute atomic E-state index is 0.00776. The number of ketones is 1. The van der Waals surface area contributed by atoms with Crippen molar-refractivity contribution < 1.29 is 24.1 Å². The number of hydrogen-bond donors (Lipinski definition) is 0. The van der Waals surface area contributed by atoms with E-state index in [4.69, 9.17) is 26.7 Å². The van der Waals surface area contributed by atoms with E-state index < -0.39 is 5.97 Å².